The summed E-state index contributed by atoms with van der Waals surface area (Å²) in [5.41, 5.74) is 4.99. The van der Waals surface area contributed by atoms with Crippen molar-refractivity contribution >= 4 is 34.7 Å². The molecule has 6 nitrogen and oxygen atoms in total. The van der Waals surface area contributed by atoms with Crippen LogP contribution in [0.4, 0.5) is 18.0 Å². The maximum absolute atomic E-state index is 12.9. The second-order valence-electron chi connectivity index (χ2n) is 5.26. The molecule has 0 unspecified atom stereocenters. The molecule has 1 aromatic carbocycles. The quantitative estimate of drug-likeness (QED) is 0.760. The molecule has 3 N–H and O–H groups in total. The van der Waals surface area contributed by atoms with Crippen LogP contribution in [-0.4, -0.2) is 27.2 Å². The summed E-state index contributed by atoms with van der Waals surface area (Å²) in [6.07, 6.45) is -3.66. The predicted octanol–water partition coefficient (Wildman–Crippen LogP) is 3.14. The lowest BCUT2D eigenvalue weighted by molar-refractivity contribution is -0.137. The first kappa shape index (κ1) is 19.1. The fraction of sp³-hybridized carbons (Fsp3) is 0.400. The predicted molar refractivity (Wildman–Crippen MR) is 88.1 cm³/mol. The number of aromatic nitrogens is 2. The molecule has 10 heteroatoms. The third-order valence-electron chi connectivity index (χ3n) is 3.31. The van der Waals surface area contributed by atoms with Crippen molar-refractivity contribution in [3.63, 3.8) is 0 Å². The number of alkyl halides is 3. The first-order chi connectivity index (χ1) is 11.7. The summed E-state index contributed by atoms with van der Waals surface area (Å²) in [5.74, 6) is -0.198. The fourth-order valence-electron chi connectivity index (χ4n) is 2.26. The van der Waals surface area contributed by atoms with Crippen LogP contribution in [-0.2, 0) is 17.5 Å². The minimum atomic E-state index is -4.42. The van der Waals surface area contributed by atoms with Crippen LogP contribution < -0.4 is 11.1 Å². The van der Waals surface area contributed by atoms with E-state index in [0.29, 0.717) is 28.5 Å². The van der Waals surface area contributed by atoms with Gasteiger partial charge in [0.15, 0.2) is 5.16 Å². The highest BCUT2D eigenvalue weighted by Crippen LogP contribution is 2.33. The molecule has 25 heavy (non-hydrogen) atoms. The molecule has 1 aromatic heterocycles. The Kier molecular flexibility index (Phi) is 5.93. The maximum atomic E-state index is 12.9. The van der Waals surface area contributed by atoms with Crippen molar-refractivity contribution in [1.29, 1.82) is 0 Å². The van der Waals surface area contributed by atoms with E-state index >= 15 is 0 Å². The third kappa shape index (κ3) is 4.88. The van der Waals surface area contributed by atoms with Gasteiger partial charge in [0, 0.05) is 18.7 Å². The number of imidazole rings is 1. The summed E-state index contributed by atoms with van der Waals surface area (Å²) in [5, 5.41) is 2.48. The number of carbonyl (C=O) groups is 2. The first-order valence-corrected chi connectivity index (χ1v) is 8.50. The first-order valence-electron chi connectivity index (χ1n) is 7.52. The number of thioether (sulfide) groups is 1. The van der Waals surface area contributed by atoms with E-state index in [0.717, 1.165) is 18.6 Å². The van der Waals surface area contributed by atoms with Gasteiger partial charge < -0.3 is 10.3 Å². The lowest BCUT2D eigenvalue weighted by atomic mass is 10.2. The van der Waals surface area contributed by atoms with Crippen molar-refractivity contribution in [2.45, 2.75) is 37.6 Å². The molecule has 1 heterocycles. The van der Waals surface area contributed by atoms with Gasteiger partial charge in [-0.15, -0.1) is 0 Å². The Morgan fingerprint density at radius 3 is 2.68 bits per heavy atom. The zero-order valence-electron chi connectivity index (χ0n) is 13.4. The summed E-state index contributed by atoms with van der Waals surface area (Å²) < 4.78 is 40.5. The molecule has 0 atom stereocenters. The van der Waals surface area contributed by atoms with Crippen LogP contribution in [0.1, 0.15) is 25.3 Å². The Morgan fingerprint density at radius 2 is 2.08 bits per heavy atom. The molecule has 0 spiro atoms. The number of rotatable bonds is 6. The molecule has 0 saturated carbocycles. The van der Waals surface area contributed by atoms with Crippen molar-refractivity contribution in [2.24, 2.45) is 5.73 Å². The number of imide groups is 1. The van der Waals surface area contributed by atoms with Crippen LogP contribution in [0.2, 0.25) is 0 Å². The number of halogens is 3. The molecule has 136 valence electrons. The van der Waals surface area contributed by atoms with Crippen LogP contribution in [0.3, 0.4) is 0 Å². The minimum Gasteiger partial charge on any atom is -0.351 e. The minimum absolute atomic E-state index is 0.0384. The van der Waals surface area contributed by atoms with Crippen molar-refractivity contribution in [2.75, 3.05) is 5.75 Å². The van der Waals surface area contributed by atoms with Crippen molar-refractivity contribution in [1.82, 2.24) is 14.9 Å². The lowest BCUT2D eigenvalue weighted by Gasteiger charge is -2.09. The summed E-state index contributed by atoms with van der Waals surface area (Å²) in [7, 11) is 0. The van der Waals surface area contributed by atoms with Gasteiger partial charge in [-0.2, -0.15) is 13.2 Å². The molecule has 2 aromatic rings. The largest absolute Gasteiger partial charge is 0.416 e. The molecule has 0 saturated heterocycles. The molecule has 2 rings (SSSR count). The molecular formula is C15H17F3N4O2S. The van der Waals surface area contributed by atoms with E-state index in [9.17, 15) is 22.8 Å². The third-order valence-corrected chi connectivity index (χ3v) is 4.29. The van der Waals surface area contributed by atoms with E-state index in [2.05, 4.69) is 4.98 Å². The second-order valence-corrected chi connectivity index (χ2v) is 6.32. The number of fused-ring (bicyclic) bond motifs is 1. The Bertz CT molecular complexity index is 789. The summed E-state index contributed by atoms with van der Waals surface area (Å²) in [4.78, 5) is 26.3. The number of aryl methyl sites for hydroxylation is 1. The Balaban J connectivity index is 2.22. The lowest BCUT2D eigenvalue weighted by Crippen LogP contribution is -2.35. The zero-order valence-corrected chi connectivity index (χ0v) is 14.2. The number of nitrogens with one attached hydrogen (secondary N) is 1. The molecule has 0 fully saturated rings. The number of benzene rings is 1. The highest BCUT2D eigenvalue weighted by molar-refractivity contribution is 7.99. The van der Waals surface area contributed by atoms with Gasteiger partial charge in [-0.05, 0) is 24.6 Å². The van der Waals surface area contributed by atoms with Crippen LogP contribution in [0.5, 0.6) is 0 Å². The molecule has 0 radical (unpaired) electrons. The Labute approximate surface area is 146 Å². The number of carbonyl (C=O) groups excluding carboxylic acids is 2. The topological polar surface area (TPSA) is 90.0 Å². The van der Waals surface area contributed by atoms with Gasteiger partial charge in [-0.25, -0.2) is 9.78 Å². The van der Waals surface area contributed by atoms with E-state index in [1.165, 1.54) is 17.8 Å². The Hall–Kier alpha value is -2.23. The number of hydrogen-bond acceptors (Lipinski definition) is 4. The molecule has 0 aliphatic heterocycles. The molecular weight excluding hydrogens is 357 g/mol. The fourth-order valence-corrected chi connectivity index (χ4v) is 3.24. The van der Waals surface area contributed by atoms with Crippen molar-refractivity contribution in [3.05, 3.63) is 23.8 Å². The van der Waals surface area contributed by atoms with E-state index in [1.807, 2.05) is 12.2 Å². The Morgan fingerprint density at radius 1 is 1.36 bits per heavy atom. The highest BCUT2D eigenvalue weighted by Gasteiger charge is 2.31. The normalized spacial score (nSPS) is 11.7. The van der Waals surface area contributed by atoms with Crippen LogP contribution in [0.25, 0.3) is 11.0 Å². The summed E-state index contributed by atoms with van der Waals surface area (Å²) >= 11 is 1.24. The summed E-state index contributed by atoms with van der Waals surface area (Å²) in [6.45, 7) is 2.42. The number of amides is 3. The van der Waals surface area contributed by atoms with Gasteiger partial charge in [0.25, 0.3) is 0 Å². The molecule has 0 bridgehead atoms. The maximum Gasteiger partial charge on any atom is 0.416 e. The van der Waals surface area contributed by atoms with Crippen LogP contribution in [0.15, 0.2) is 23.4 Å². The number of urea groups is 1. The summed E-state index contributed by atoms with van der Waals surface area (Å²) in [6, 6.07) is 2.50. The molecule has 3 amide bonds. The second kappa shape index (κ2) is 7.77. The van der Waals surface area contributed by atoms with E-state index < -0.39 is 23.7 Å². The van der Waals surface area contributed by atoms with Gasteiger partial charge in [-0.3, -0.25) is 10.1 Å². The van der Waals surface area contributed by atoms with E-state index in [-0.39, 0.29) is 6.42 Å². The van der Waals surface area contributed by atoms with Crippen LogP contribution >= 0.6 is 11.8 Å². The van der Waals surface area contributed by atoms with Crippen molar-refractivity contribution in [3.8, 4) is 0 Å². The monoisotopic (exact) mass is 374 g/mol. The number of nitrogens with zero attached hydrogens (tertiary/aromatic N) is 2. The van der Waals surface area contributed by atoms with Crippen LogP contribution in [0, 0.1) is 0 Å². The van der Waals surface area contributed by atoms with Gasteiger partial charge in [0.2, 0.25) is 5.91 Å². The van der Waals surface area contributed by atoms with E-state index in [4.69, 9.17) is 5.73 Å². The number of primary amides is 1. The number of hydrogen-bond donors (Lipinski definition) is 2. The van der Waals surface area contributed by atoms with Gasteiger partial charge in [0.05, 0.1) is 16.6 Å². The average molecular weight is 374 g/mol. The van der Waals surface area contributed by atoms with Crippen molar-refractivity contribution < 1.29 is 22.8 Å². The molecule has 0 aliphatic rings. The van der Waals surface area contributed by atoms with Gasteiger partial charge in [-0.1, -0.05) is 18.7 Å². The standard InChI is InChI=1S/C15H17F3N4O2S/c1-2-6-22-11-8-9(15(16,17)18)3-4-10(11)20-14(22)25-7-5-12(23)21-13(19)24/h3-4,8H,2,5-7H2,1H3,(H3,19,21,23,24). The molecule has 0 aliphatic carbocycles. The van der Waals surface area contributed by atoms with Gasteiger partial charge >= 0.3 is 12.2 Å². The van der Waals surface area contributed by atoms with E-state index in [1.54, 1.807) is 4.57 Å². The number of nitrogens with two attached hydrogens (primary N) is 1. The zero-order chi connectivity index (χ0) is 18.6. The average Bonchev–Trinajstić information content (AvgIpc) is 2.83. The SMILES string of the molecule is CCCn1c(SCCC(=O)NC(N)=O)nc2ccc(C(F)(F)F)cc21. The van der Waals surface area contributed by atoms with Gasteiger partial charge in [0.1, 0.15) is 0 Å². The highest BCUT2D eigenvalue weighted by atomic mass is 32.2. The smallest absolute Gasteiger partial charge is 0.351 e.